The summed E-state index contributed by atoms with van der Waals surface area (Å²) in [6.07, 6.45) is -0.385. The summed E-state index contributed by atoms with van der Waals surface area (Å²) < 4.78 is 5.52. The minimum atomic E-state index is -1.00. The van der Waals surface area contributed by atoms with E-state index in [1.807, 2.05) is 6.07 Å². The van der Waals surface area contributed by atoms with Gasteiger partial charge >= 0.3 is 0 Å². The highest BCUT2D eigenvalue weighted by atomic mass is 35.5. The molecule has 0 bridgehead atoms. The van der Waals surface area contributed by atoms with E-state index in [2.05, 4.69) is 0 Å². The van der Waals surface area contributed by atoms with Crippen molar-refractivity contribution in [3.8, 4) is 11.8 Å². The summed E-state index contributed by atoms with van der Waals surface area (Å²) in [4.78, 5) is 0. The summed E-state index contributed by atoms with van der Waals surface area (Å²) in [7, 11) is 0. The lowest BCUT2D eigenvalue weighted by molar-refractivity contribution is 0.166. The molecule has 4 heteroatoms. The standard InChI is InChI=1S/C11H13ClN2O/c1-8(11(2,14)7-13)15-10-5-3-9(12)4-6-10/h3-6,8H,14H2,1-2H3. The second-order valence-corrected chi connectivity index (χ2v) is 4.04. The zero-order valence-electron chi connectivity index (χ0n) is 8.70. The lowest BCUT2D eigenvalue weighted by atomic mass is 10.00. The van der Waals surface area contributed by atoms with Crippen LogP contribution in [0.5, 0.6) is 5.75 Å². The first-order valence-corrected chi connectivity index (χ1v) is 4.96. The largest absolute Gasteiger partial charge is 0.488 e. The van der Waals surface area contributed by atoms with Gasteiger partial charge in [-0.2, -0.15) is 5.26 Å². The third-order valence-electron chi connectivity index (χ3n) is 2.21. The van der Waals surface area contributed by atoms with Crippen molar-refractivity contribution in [1.29, 1.82) is 5.26 Å². The van der Waals surface area contributed by atoms with E-state index in [1.54, 1.807) is 38.1 Å². The number of halogens is 1. The lowest BCUT2D eigenvalue weighted by Gasteiger charge is -2.25. The molecule has 1 aromatic rings. The highest BCUT2D eigenvalue weighted by Gasteiger charge is 2.27. The van der Waals surface area contributed by atoms with Crippen LogP contribution >= 0.6 is 11.6 Å². The van der Waals surface area contributed by atoms with Crippen LogP contribution in [0.15, 0.2) is 24.3 Å². The normalized spacial score (nSPS) is 16.2. The first-order chi connectivity index (χ1) is 6.95. The van der Waals surface area contributed by atoms with Gasteiger partial charge in [0.05, 0.1) is 6.07 Å². The zero-order valence-corrected chi connectivity index (χ0v) is 9.45. The van der Waals surface area contributed by atoms with Crippen LogP contribution in [0.25, 0.3) is 0 Å². The van der Waals surface area contributed by atoms with Crippen molar-refractivity contribution in [3.63, 3.8) is 0 Å². The molecule has 0 aliphatic heterocycles. The number of hydrogen-bond donors (Lipinski definition) is 1. The lowest BCUT2D eigenvalue weighted by Crippen LogP contribution is -2.48. The molecule has 1 aromatic carbocycles. The molecule has 3 nitrogen and oxygen atoms in total. The minimum absolute atomic E-state index is 0.385. The SMILES string of the molecule is CC(Oc1ccc(Cl)cc1)C(C)(N)C#N. The van der Waals surface area contributed by atoms with Crippen LogP contribution in [0.2, 0.25) is 5.02 Å². The Balaban J connectivity index is 2.71. The Morgan fingerprint density at radius 3 is 2.47 bits per heavy atom. The second-order valence-electron chi connectivity index (χ2n) is 3.61. The first kappa shape index (κ1) is 11.8. The van der Waals surface area contributed by atoms with Gasteiger partial charge in [0.15, 0.2) is 0 Å². The molecule has 2 N–H and O–H groups in total. The Morgan fingerprint density at radius 1 is 1.47 bits per heavy atom. The Bertz CT molecular complexity index is 367. The van der Waals surface area contributed by atoms with E-state index in [0.717, 1.165) is 0 Å². The number of nitrogens with zero attached hydrogens (tertiary/aromatic N) is 1. The molecule has 0 aromatic heterocycles. The second kappa shape index (κ2) is 4.52. The summed E-state index contributed by atoms with van der Waals surface area (Å²) in [5.41, 5.74) is 4.72. The molecular weight excluding hydrogens is 212 g/mol. The van der Waals surface area contributed by atoms with Gasteiger partial charge in [0.2, 0.25) is 0 Å². The average Bonchev–Trinajstić information content (AvgIpc) is 2.21. The number of ether oxygens (including phenoxy) is 1. The van der Waals surface area contributed by atoms with Crippen molar-refractivity contribution >= 4 is 11.6 Å². The van der Waals surface area contributed by atoms with Crippen LogP contribution in [0.4, 0.5) is 0 Å². The number of nitrogens with two attached hydrogens (primary N) is 1. The predicted octanol–water partition coefficient (Wildman–Crippen LogP) is 2.35. The Labute approximate surface area is 94.4 Å². The topological polar surface area (TPSA) is 59.0 Å². The fourth-order valence-electron chi connectivity index (χ4n) is 0.931. The van der Waals surface area contributed by atoms with Crippen molar-refractivity contribution in [2.75, 3.05) is 0 Å². The summed E-state index contributed by atoms with van der Waals surface area (Å²) in [6, 6.07) is 8.94. The number of rotatable bonds is 3. The maximum absolute atomic E-state index is 8.81. The van der Waals surface area contributed by atoms with E-state index in [4.69, 9.17) is 27.3 Å². The molecule has 0 aliphatic rings. The summed E-state index contributed by atoms with van der Waals surface area (Å²) in [5, 5.41) is 9.45. The highest BCUT2D eigenvalue weighted by molar-refractivity contribution is 6.30. The molecule has 0 amide bonds. The Hall–Kier alpha value is -1.24. The van der Waals surface area contributed by atoms with Crippen molar-refractivity contribution in [2.24, 2.45) is 5.73 Å². The number of hydrogen-bond acceptors (Lipinski definition) is 3. The zero-order chi connectivity index (χ0) is 11.5. The van der Waals surface area contributed by atoms with Crippen LogP contribution in [0.1, 0.15) is 13.8 Å². The smallest absolute Gasteiger partial charge is 0.138 e. The van der Waals surface area contributed by atoms with Crippen LogP contribution in [0.3, 0.4) is 0 Å². The van der Waals surface area contributed by atoms with Crippen LogP contribution in [0, 0.1) is 11.3 Å². The van der Waals surface area contributed by atoms with Gasteiger partial charge in [-0.3, -0.25) is 0 Å². The maximum Gasteiger partial charge on any atom is 0.138 e. The van der Waals surface area contributed by atoms with Crippen molar-refractivity contribution < 1.29 is 4.74 Å². The molecule has 1 rings (SSSR count). The Morgan fingerprint density at radius 2 is 2.00 bits per heavy atom. The van der Waals surface area contributed by atoms with Gasteiger partial charge in [-0.1, -0.05) is 11.6 Å². The van der Waals surface area contributed by atoms with Gasteiger partial charge in [0.25, 0.3) is 0 Å². The quantitative estimate of drug-likeness (QED) is 0.858. The molecule has 80 valence electrons. The fourth-order valence-corrected chi connectivity index (χ4v) is 1.06. The van der Waals surface area contributed by atoms with E-state index in [1.165, 1.54) is 0 Å². The number of nitriles is 1. The average molecular weight is 225 g/mol. The minimum Gasteiger partial charge on any atom is -0.488 e. The predicted molar refractivity (Wildman–Crippen MR) is 59.7 cm³/mol. The number of benzene rings is 1. The summed E-state index contributed by atoms with van der Waals surface area (Å²) in [6.45, 7) is 3.39. The molecule has 0 saturated carbocycles. The third kappa shape index (κ3) is 3.12. The van der Waals surface area contributed by atoms with Gasteiger partial charge in [-0.25, -0.2) is 0 Å². The Kier molecular flexibility index (Phi) is 3.57. The molecule has 0 heterocycles. The molecule has 2 unspecified atom stereocenters. The molecule has 2 atom stereocenters. The molecule has 0 fully saturated rings. The van der Waals surface area contributed by atoms with Gasteiger partial charge in [-0.05, 0) is 38.1 Å². The van der Waals surface area contributed by atoms with Crippen molar-refractivity contribution in [2.45, 2.75) is 25.5 Å². The molecule has 0 saturated heterocycles. The van der Waals surface area contributed by atoms with E-state index in [9.17, 15) is 0 Å². The van der Waals surface area contributed by atoms with Gasteiger partial charge < -0.3 is 10.5 Å². The van der Waals surface area contributed by atoms with E-state index < -0.39 is 5.54 Å². The van der Waals surface area contributed by atoms with Gasteiger partial charge in [0.1, 0.15) is 17.4 Å². The van der Waals surface area contributed by atoms with E-state index in [0.29, 0.717) is 10.8 Å². The highest BCUT2D eigenvalue weighted by Crippen LogP contribution is 2.19. The van der Waals surface area contributed by atoms with Gasteiger partial charge in [-0.15, -0.1) is 0 Å². The fraction of sp³-hybridized carbons (Fsp3) is 0.364. The summed E-state index contributed by atoms with van der Waals surface area (Å²) in [5.74, 6) is 0.652. The molecule has 0 radical (unpaired) electrons. The molecule has 15 heavy (non-hydrogen) atoms. The van der Waals surface area contributed by atoms with Crippen LogP contribution in [-0.4, -0.2) is 11.6 Å². The summed E-state index contributed by atoms with van der Waals surface area (Å²) >= 11 is 5.73. The van der Waals surface area contributed by atoms with E-state index >= 15 is 0 Å². The van der Waals surface area contributed by atoms with Crippen LogP contribution < -0.4 is 10.5 Å². The molecule has 0 spiro atoms. The van der Waals surface area contributed by atoms with Crippen molar-refractivity contribution in [3.05, 3.63) is 29.3 Å². The molecular formula is C11H13ClN2O. The van der Waals surface area contributed by atoms with Gasteiger partial charge in [0, 0.05) is 5.02 Å². The third-order valence-corrected chi connectivity index (χ3v) is 2.46. The first-order valence-electron chi connectivity index (χ1n) is 4.58. The molecule has 0 aliphatic carbocycles. The van der Waals surface area contributed by atoms with E-state index in [-0.39, 0.29) is 6.10 Å². The maximum atomic E-state index is 8.81. The van der Waals surface area contributed by atoms with Crippen LogP contribution in [-0.2, 0) is 0 Å². The monoisotopic (exact) mass is 224 g/mol. The van der Waals surface area contributed by atoms with Crippen molar-refractivity contribution in [1.82, 2.24) is 0 Å².